The number of benzene rings is 2. The second kappa shape index (κ2) is 8.80. The molecule has 0 radical (unpaired) electrons. The quantitative estimate of drug-likeness (QED) is 0.488. The van der Waals surface area contributed by atoms with Gasteiger partial charge in [0, 0.05) is 11.4 Å². The summed E-state index contributed by atoms with van der Waals surface area (Å²) in [6.07, 6.45) is -0.340. The van der Waals surface area contributed by atoms with Gasteiger partial charge in [0.15, 0.2) is 0 Å². The molecule has 1 saturated heterocycles. The number of nitrogens with zero attached hydrogens (tertiary/aromatic N) is 2. The van der Waals surface area contributed by atoms with Crippen LogP contribution in [0.2, 0.25) is 0 Å². The van der Waals surface area contributed by atoms with E-state index in [1.165, 1.54) is 47.7 Å². The molecule has 33 heavy (non-hydrogen) atoms. The van der Waals surface area contributed by atoms with E-state index in [4.69, 9.17) is 5.14 Å². The number of carbonyl (C=O) groups excluding carboxylic acids is 2. The van der Waals surface area contributed by atoms with E-state index in [1.54, 1.807) is 35.7 Å². The van der Waals surface area contributed by atoms with Gasteiger partial charge in [0.05, 0.1) is 21.9 Å². The molecule has 2 amide bonds. The standard InChI is InChI=1S/C21H19N3O6S3/c22-32(27,28)17-10-8-15(9-11-17)24-20(25)13-19(21(24)26)23(14-16-5-4-12-31-16)33(29,30)18-6-2-1-3-7-18/h1-12,19H,13-14H2,(H2,22,27,28). The molecule has 4 rings (SSSR count). The molecule has 9 nitrogen and oxygen atoms in total. The van der Waals surface area contributed by atoms with Crippen LogP contribution >= 0.6 is 11.3 Å². The number of hydrogen-bond acceptors (Lipinski definition) is 7. The smallest absolute Gasteiger partial charge is 0.252 e. The van der Waals surface area contributed by atoms with E-state index in [1.807, 2.05) is 0 Å². The second-order valence-electron chi connectivity index (χ2n) is 7.27. The number of anilines is 1. The molecule has 12 heteroatoms. The van der Waals surface area contributed by atoms with Gasteiger partial charge in [0.2, 0.25) is 26.0 Å². The van der Waals surface area contributed by atoms with E-state index >= 15 is 0 Å². The van der Waals surface area contributed by atoms with Crippen molar-refractivity contribution in [3.63, 3.8) is 0 Å². The molecule has 0 spiro atoms. The van der Waals surface area contributed by atoms with Crippen molar-refractivity contribution in [3.8, 4) is 0 Å². The number of rotatable bonds is 7. The van der Waals surface area contributed by atoms with Crippen LogP contribution < -0.4 is 10.0 Å². The first-order valence-electron chi connectivity index (χ1n) is 9.68. The number of nitrogens with two attached hydrogens (primary N) is 1. The van der Waals surface area contributed by atoms with Gasteiger partial charge >= 0.3 is 0 Å². The average molecular weight is 506 g/mol. The largest absolute Gasteiger partial charge is 0.274 e. The molecule has 2 aromatic carbocycles. The summed E-state index contributed by atoms with van der Waals surface area (Å²) in [5.74, 6) is -1.30. The van der Waals surface area contributed by atoms with Gasteiger partial charge in [-0.25, -0.2) is 26.9 Å². The van der Waals surface area contributed by atoms with E-state index in [0.717, 1.165) is 9.21 Å². The van der Waals surface area contributed by atoms with Gasteiger partial charge in [0.25, 0.3) is 5.91 Å². The molecular weight excluding hydrogens is 486 g/mol. The highest BCUT2D eigenvalue weighted by Crippen LogP contribution is 2.31. The Morgan fingerprint density at radius 3 is 2.15 bits per heavy atom. The Balaban J connectivity index is 1.71. The van der Waals surface area contributed by atoms with Crippen LogP contribution in [-0.2, 0) is 36.2 Å². The van der Waals surface area contributed by atoms with Gasteiger partial charge in [-0.15, -0.1) is 11.3 Å². The first-order chi connectivity index (χ1) is 15.6. The number of primary sulfonamides is 1. The monoisotopic (exact) mass is 505 g/mol. The molecule has 3 aromatic rings. The molecule has 1 fully saturated rings. The number of sulfonamides is 2. The lowest BCUT2D eigenvalue weighted by molar-refractivity contribution is -0.122. The first-order valence-corrected chi connectivity index (χ1v) is 13.5. The van der Waals surface area contributed by atoms with Crippen LogP contribution in [0, 0.1) is 0 Å². The van der Waals surface area contributed by atoms with Gasteiger partial charge in [-0.05, 0) is 47.8 Å². The third-order valence-electron chi connectivity index (χ3n) is 5.14. The van der Waals surface area contributed by atoms with Crippen LogP contribution in [0.4, 0.5) is 5.69 Å². The molecule has 1 atom stereocenters. The summed E-state index contributed by atoms with van der Waals surface area (Å²) in [4.78, 5) is 27.5. The Labute approximate surface area is 195 Å². The predicted molar refractivity (Wildman–Crippen MR) is 122 cm³/mol. The van der Waals surface area contributed by atoms with E-state index in [9.17, 15) is 26.4 Å². The van der Waals surface area contributed by atoms with E-state index < -0.39 is 37.9 Å². The molecule has 0 saturated carbocycles. The second-order valence-corrected chi connectivity index (χ2v) is 11.8. The van der Waals surface area contributed by atoms with E-state index in [0.29, 0.717) is 4.88 Å². The fraction of sp³-hybridized carbons (Fsp3) is 0.143. The highest BCUT2D eigenvalue weighted by atomic mass is 32.2. The molecule has 1 aliphatic heterocycles. The lowest BCUT2D eigenvalue weighted by atomic mass is 10.2. The zero-order valence-electron chi connectivity index (χ0n) is 17.1. The minimum absolute atomic E-state index is 0.0118. The van der Waals surface area contributed by atoms with Crippen molar-refractivity contribution in [1.29, 1.82) is 0 Å². The molecule has 1 unspecified atom stereocenters. The third kappa shape index (κ3) is 4.61. The molecule has 0 aliphatic carbocycles. The van der Waals surface area contributed by atoms with Crippen molar-refractivity contribution in [2.75, 3.05) is 4.90 Å². The van der Waals surface area contributed by atoms with Crippen molar-refractivity contribution in [3.05, 3.63) is 77.0 Å². The topological polar surface area (TPSA) is 135 Å². The molecule has 2 heterocycles. The lowest BCUT2D eigenvalue weighted by Crippen LogP contribution is -2.44. The Morgan fingerprint density at radius 2 is 1.58 bits per heavy atom. The first kappa shape index (κ1) is 23.3. The van der Waals surface area contributed by atoms with Crippen LogP contribution in [0.3, 0.4) is 0 Å². The van der Waals surface area contributed by atoms with Crippen LogP contribution in [-0.4, -0.2) is 39.0 Å². The van der Waals surface area contributed by atoms with E-state index in [-0.39, 0.29) is 28.4 Å². The van der Waals surface area contributed by atoms with Gasteiger partial charge in [0.1, 0.15) is 6.04 Å². The number of imide groups is 1. The highest BCUT2D eigenvalue weighted by molar-refractivity contribution is 7.89. The zero-order valence-corrected chi connectivity index (χ0v) is 19.5. The van der Waals surface area contributed by atoms with Gasteiger partial charge in [-0.2, -0.15) is 4.31 Å². The normalized spacial score (nSPS) is 17.2. The van der Waals surface area contributed by atoms with Crippen molar-refractivity contribution < 1.29 is 26.4 Å². The summed E-state index contributed by atoms with van der Waals surface area (Å²) in [6.45, 7) is -0.0726. The summed E-state index contributed by atoms with van der Waals surface area (Å²) in [5.41, 5.74) is 0.132. The van der Waals surface area contributed by atoms with Gasteiger partial charge in [-0.1, -0.05) is 24.3 Å². The SMILES string of the molecule is NS(=O)(=O)c1ccc(N2C(=O)CC(N(Cc3cccs3)S(=O)(=O)c3ccccc3)C2=O)cc1. The van der Waals surface area contributed by atoms with Crippen LogP contribution in [0.25, 0.3) is 0 Å². The minimum atomic E-state index is -4.10. The lowest BCUT2D eigenvalue weighted by Gasteiger charge is -2.26. The highest BCUT2D eigenvalue weighted by Gasteiger charge is 2.47. The number of amides is 2. The Kier molecular flexibility index (Phi) is 6.20. The van der Waals surface area contributed by atoms with Crippen molar-refractivity contribution in [1.82, 2.24) is 4.31 Å². The average Bonchev–Trinajstić information content (AvgIpc) is 3.39. The van der Waals surface area contributed by atoms with Crippen molar-refractivity contribution in [2.24, 2.45) is 5.14 Å². The number of thiophene rings is 1. The van der Waals surface area contributed by atoms with Crippen molar-refractivity contribution in [2.45, 2.75) is 28.8 Å². The fourth-order valence-electron chi connectivity index (χ4n) is 3.54. The maximum absolute atomic E-state index is 13.5. The molecule has 172 valence electrons. The predicted octanol–water partition coefficient (Wildman–Crippen LogP) is 1.92. The Hall–Kier alpha value is -2.90. The fourth-order valence-corrected chi connectivity index (χ4v) is 6.42. The van der Waals surface area contributed by atoms with E-state index in [2.05, 4.69) is 0 Å². The zero-order chi connectivity index (χ0) is 23.8. The summed E-state index contributed by atoms with van der Waals surface area (Å²) in [6, 6.07) is 14.9. The molecule has 1 aromatic heterocycles. The van der Waals surface area contributed by atoms with Crippen LogP contribution in [0.15, 0.2) is 81.9 Å². The summed E-state index contributed by atoms with van der Waals surface area (Å²) >= 11 is 1.34. The Bertz CT molecular complexity index is 1390. The summed E-state index contributed by atoms with van der Waals surface area (Å²) in [5, 5.41) is 6.89. The number of hydrogen-bond donors (Lipinski definition) is 1. The molecular formula is C21H19N3O6S3. The van der Waals surface area contributed by atoms with Crippen LogP contribution in [0.1, 0.15) is 11.3 Å². The minimum Gasteiger partial charge on any atom is -0.274 e. The molecule has 2 N–H and O–H groups in total. The maximum atomic E-state index is 13.5. The van der Waals surface area contributed by atoms with Crippen LogP contribution in [0.5, 0.6) is 0 Å². The molecule has 1 aliphatic rings. The molecule has 0 bridgehead atoms. The Morgan fingerprint density at radius 1 is 0.909 bits per heavy atom. The van der Waals surface area contributed by atoms with Crippen molar-refractivity contribution >= 4 is 48.9 Å². The number of carbonyl (C=O) groups is 2. The third-order valence-corrected chi connectivity index (χ3v) is 8.79. The van der Waals surface area contributed by atoms with Gasteiger partial charge < -0.3 is 0 Å². The summed E-state index contributed by atoms with van der Waals surface area (Å²) in [7, 11) is -8.05. The maximum Gasteiger partial charge on any atom is 0.252 e. The van der Waals surface area contributed by atoms with Gasteiger partial charge in [-0.3, -0.25) is 9.59 Å². The summed E-state index contributed by atoms with van der Waals surface area (Å²) < 4.78 is 51.0.